The summed E-state index contributed by atoms with van der Waals surface area (Å²) in [5.74, 6) is -0.115. The quantitative estimate of drug-likeness (QED) is 0.771. The lowest BCUT2D eigenvalue weighted by molar-refractivity contribution is -0.146. The minimum absolute atomic E-state index is 0.0741. The molecule has 1 atom stereocenters. The van der Waals surface area contributed by atoms with Gasteiger partial charge < -0.3 is 10.1 Å². The summed E-state index contributed by atoms with van der Waals surface area (Å²) in [5.41, 5.74) is 0. The lowest BCUT2D eigenvalue weighted by Gasteiger charge is -2.08. The highest BCUT2D eigenvalue weighted by atomic mass is 32.1. The number of thiophene rings is 1. The monoisotopic (exact) mass is 211 g/mol. The third-order valence-electron chi connectivity index (χ3n) is 2.28. The lowest BCUT2D eigenvalue weighted by atomic mass is 10.2. The van der Waals surface area contributed by atoms with Crippen molar-refractivity contribution in [2.45, 2.75) is 25.5 Å². The van der Waals surface area contributed by atoms with Crippen LogP contribution in [0, 0.1) is 0 Å². The Bertz CT molecular complexity index is 291. The lowest BCUT2D eigenvalue weighted by Crippen LogP contribution is -2.32. The van der Waals surface area contributed by atoms with E-state index in [1.165, 1.54) is 0 Å². The Morgan fingerprint density at radius 1 is 1.71 bits per heavy atom. The van der Waals surface area contributed by atoms with Gasteiger partial charge in [0.2, 0.25) is 0 Å². The molecule has 0 aromatic carbocycles. The normalized spacial score (nSPS) is 21.0. The third kappa shape index (κ3) is 2.33. The van der Waals surface area contributed by atoms with E-state index in [4.69, 9.17) is 4.74 Å². The number of ether oxygens (including phenoxy) is 1. The van der Waals surface area contributed by atoms with E-state index in [-0.39, 0.29) is 12.0 Å². The Kier molecular flexibility index (Phi) is 3.16. The molecule has 0 radical (unpaired) electrons. The largest absolute Gasteiger partial charge is 0.459 e. The minimum Gasteiger partial charge on any atom is -0.459 e. The van der Waals surface area contributed by atoms with Crippen LogP contribution in [0.2, 0.25) is 0 Å². The fourth-order valence-electron chi connectivity index (χ4n) is 1.52. The van der Waals surface area contributed by atoms with Crippen LogP contribution in [0.4, 0.5) is 0 Å². The molecule has 3 nitrogen and oxygen atoms in total. The first-order valence-corrected chi connectivity index (χ1v) is 5.66. The fourth-order valence-corrected chi connectivity index (χ4v) is 2.14. The summed E-state index contributed by atoms with van der Waals surface area (Å²) in [7, 11) is 0. The molecule has 76 valence electrons. The smallest absolute Gasteiger partial charge is 0.323 e. The van der Waals surface area contributed by atoms with Crippen molar-refractivity contribution in [1.29, 1.82) is 0 Å². The molecule has 1 N–H and O–H groups in total. The first-order chi connectivity index (χ1) is 6.86. The molecule has 0 saturated carbocycles. The molecule has 1 aromatic heterocycles. The van der Waals surface area contributed by atoms with Gasteiger partial charge >= 0.3 is 5.97 Å². The summed E-state index contributed by atoms with van der Waals surface area (Å²) in [6, 6.07) is 3.86. The van der Waals surface area contributed by atoms with E-state index in [0.717, 1.165) is 24.3 Å². The van der Waals surface area contributed by atoms with Crippen molar-refractivity contribution in [3.8, 4) is 0 Å². The number of carbonyl (C=O) groups excluding carboxylic acids is 1. The first kappa shape index (κ1) is 9.68. The molecule has 1 unspecified atom stereocenters. The molecule has 0 amide bonds. The van der Waals surface area contributed by atoms with Gasteiger partial charge in [-0.25, -0.2) is 0 Å². The molecule has 1 aliphatic heterocycles. The number of nitrogens with one attached hydrogen (secondary N) is 1. The minimum atomic E-state index is -0.115. The average Bonchev–Trinajstić information content (AvgIpc) is 2.87. The molecule has 0 bridgehead atoms. The zero-order valence-corrected chi connectivity index (χ0v) is 8.68. The van der Waals surface area contributed by atoms with Gasteiger partial charge in [-0.15, -0.1) is 11.3 Å². The van der Waals surface area contributed by atoms with Gasteiger partial charge in [0.15, 0.2) is 0 Å². The van der Waals surface area contributed by atoms with Crippen LogP contribution in [0.25, 0.3) is 0 Å². The Labute approximate surface area is 87.1 Å². The zero-order valence-electron chi connectivity index (χ0n) is 7.86. The predicted octanol–water partition coefficient (Wildman–Crippen LogP) is 1.54. The summed E-state index contributed by atoms with van der Waals surface area (Å²) in [5, 5.41) is 5.10. The van der Waals surface area contributed by atoms with E-state index in [0.29, 0.717) is 6.61 Å². The molecule has 1 aromatic rings. The Hall–Kier alpha value is -0.870. The first-order valence-electron chi connectivity index (χ1n) is 4.78. The van der Waals surface area contributed by atoms with Gasteiger partial charge in [-0.05, 0) is 30.8 Å². The molecule has 2 rings (SSSR count). The summed E-state index contributed by atoms with van der Waals surface area (Å²) in [6.45, 7) is 1.34. The summed E-state index contributed by atoms with van der Waals surface area (Å²) in [4.78, 5) is 12.6. The standard InChI is InChI=1S/C10H13NO2S/c12-10(9-4-1-5-11-9)13-7-8-3-2-6-14-8/h2-3,6,9,11H,1,4-5,7H2. The van der Waals surface area contributed by atoms with E-state index >= 15 is 0 Å². The highest BCUT2D eigenvalue weighted by molar-refractivity contribution is 7.09. The molecule has 0 spiro atoms. The van der Waals surface area contributed by atoms with Crippen molar-refractivity contribution >= 4 is 17.3 Å². The van der Waals surface area contributed by atoms with Crippen LogP contribution < -0.4 is 5.32 Å². The van der Waals surface area contributed by atoms with Crippen molar-refractivity contribution in [3.05, 3.63) is 22.4 Å². The second-order valence-electron chi connectivity index (χ2n) is 3.34. The maximum Gasteiger partial charge on any atom is 0.323 e. The third-order valence-corrected chi connectivity index (χ3v) is 3.13. The van der Waals surface area contributed by atoms with Crippen molar-refractivity contribution in [2.24, 2.45) is 0 Å². The van der Waals surface area contributed by atoms with Gasteiger partial charge in [-0.1, -0.05) is 6.07 Å². The molecule has 2 heterocycles. The van der Waals surface area contributed by atoms with Crippen molar-refractivity contribution in [3.63, 3.8) is 0 Å². The maximum atomic E-state index is 11.5. The van der Waals surface area contributed by atoms with Gasteiger partial charge in [0.25, 0.3) is 0 Å². The van der Waals surface area contributed by atoms with Crippen LogP contribution in [0.15, 0.2) is 17.5 Å². The van der Waals surface area contributed by atoms with E-state index in [1.54, 1.807) is 11.3 Å². The van der Waals surface area contributed by atoms with Gasteiger partial charge in [0, 0.05) is 4.88 Å². The predicted molar refractivity (Wildman–Crippen MR) is 55.1 cm³/mol. The van der Waals surface area contributed by atoms with Crippen molar-refractivity contribution in [1.82, 2.24) is 5.32 Å². The Balaban J connectivity index is 1.77. The highest BCUT2D eigenvalue weighted by Crippen LogP contribution is 2.12. The van der Waals surface area contributed by atoms with Gasteiger partial charge in [0.1, 0.15) is 12.6 Å². The molecule has 0 aliphatic carbocycles. The van der Waals surface area contributed by atoms with Crippen molar-refractivity contribution in [2.75, 3.05) is 6.54 Å². The molecule has 14 heavy (non-hydrogen) atoms. The summed E-state index contributed by atoms with van der Waals surface area (Å²) < 4.78 is 5.18. The van der Waals surface area contributed by atoms with E-state index in [9.17, 15) is 4.79 Å². The molecular weight excluding hydrogens is 198 g/mol. The van der Waals surface area contributed by atoms with Crippen LogP contribution in [-0.2, 0) is 16.1 Å². The molecule has 1 aliphatic rings. The highest BCUT2D eigenvalue weighted by Gasteiger charge is 2.23. The summed E-state index contributed by atoms with van der Waals surface area (Å²) in [6.07, 6.45) is 1.97. The fraction of sp³-hybridized carbons (Fsp3) is 0.500. The van der Waals surface area contributed by atoms with E-state index in [2.05, 4.69) is 5.32 Å². The number of hydrogen-bond acceptors (Lipinski definition) is 4. The second-order valence-corrected chi connectivity index (χ2v) is 4.37. The SMILES string of the molecule is O=C(OCc1cccs1)C1CCCN1. The van der Waals surface area contributed by atoms with Gasteiger partial charge in [0.05, 0.1) is 0 Å². The van der Waals surface area contributed by atoms with Crippen LogP contribution in [-0.4, -0.2) is 18.6 Å². The number of esters is 1. The Morgan fingerprint density at radius 2 is 2.64 bits per heavy atom. The van der Waals surface area contributed by atoms with Crippen LogP contribution >= 0.6 is 11.3 Å². The van der Waals surface area contributed by atoms with Crippen molar-refractivity contribution < 1.29 is 9.53 Å². The molecule has 1 saturated heterocycles. The number of hydrogen-bond donors (Lipinski definition) is 1. The summed E-state index contributed by atoms with van der Waals surface area (Å²) >= 11 is 1.61. The van der Waals surface area contributed by atoms with Crippen LogP contribution in [0.5, 0.6) is 0 Å². The van der Waals surface area contributed by atoms with E-state index in [1.807, 2.05) is 17.5 Å². The zero-order chi connectivity index (χ0) is 9.80. The van der Waals surface area contributed by atoms with Crippen LogP contribution in [0.3, 0.4) is 0 Å². The average molecular weight is 211 g/mol. The van der Waals surface area contributed by atoms with Crippen LogP contribution in [0.1, 0.15) is 17.7 Å². The van der Waals surface area contributed by atoms with Gasteiger partial charge in [-0.2, -0.15) is 0 Å². The molecular formula is C10H13NO2S. The van der Waals surface area contributed by atoms with E-state index < -0.39 is 0 Å². The second kappa shape index (κ2) is 4.57. The molecule has 1 fully saturated rings. The molecule has 4 heteroatoms. The number of carbonyl (C=O) groups is 1. The topological polar surface area (TPSA) is 38.3 Å². The maximum absolute atomic E-state index is 11.5. The number of rotatable bonds is 3. The van der Waals surface area contributed by atoms with Gasteiger partial charge in [-0.3, -0.25) is 4.79 Å². The Morgan fingerprint density at radius 3 is 3.29 bits per heavy atom.